The number of amides is 3. The fourth-order valence-corrected chi connectivity index (χ4v) is 2.59. The maximum atomic E-state index is 12.5. The molecule has 9 nitrogen and oxygen atoms in total. The van der Waals surface area contributed by atoms with E-state index in [1.54, 1.807) is 24.3 Å². The van der Waals surface area contributed by atoms with Crippen LogP contribution in [-0.2, 0) is 19.1 Å². The number of nitrogens with zero attached hydrogens (tertiary/aromatic N) is 1. The fraction of sp³-hybridized carbons (Fsp3) is 0.158. The van der Waals surface area contributed by atoms with Gasteiger partial charge in [0.05, 0.1) is 16.9 Å². The van der Waals surface area contributed by atoms with E-state index < -0.39 is 24.4 Å². The van der Waals surface area contributed by atoms with Crippen LogP contribution in [0.4, 0.5) is 11.4 Å². The number of carbonyl (C=O) groups excluding carboxylic acids is 4. The smallest absolute Gasteiger partial charge is 0.338 e. The molecule has 2 aromatic rings. The Morgan fingerprint density at radius 2 is 1.75 bits per heavy atom. The van der Waals surface area contributed by atoms with Crippen molar-refractivity contribution in [3.63, 3.8) is 0 Å². The van der Waals surface area contributed by atoms with E-state index in [9.17, 15) is 19.2 Å². The zero-order valence-corrected chi connectivity index (χ0v) is 14.7. The first-order valence-electron chi connectivity index (χ1n) is 8.31. The third-order valence-electron chi connectivity index (χ3n) is 3.87. The number of benzene rings is 2. The minimum atomic E-state index is -0.704. The molecule has 1 aliphatic heterocycles. The van der Waals surface area contributed by atoms with Crippen molar-refractivity contribution in [3.05, 3.63) is 54.1 Å². The van der Waals surface area contributed by atoms with Crippen molar-refractivity contribution < 1.29 is 28.7 Å². The number of hydrogen-bond donors (Lipinski definition) is 2. The summed E-state index contributed by atoms with van der Waals surface area (Å²) >= 11 is 0. The van der Waals surface area contributed by atoms with Crippen LogP contribution in [0.1, 0.15) is 10.4 Å². The van der Waals surface area contributed by atoms with Crippen LogP contribution in [-0.4, -0.2) is 43.4 Å². The molecule has 28 heavy (non-hydrogen) atoms. The highest BCUT2D eigenvalue weighted by Gasteiger charge is 2.27. The second-order valence-corrected chi connectivity index (χ2v) is 5.90. The van der Waals surface area contributed by atoms with Crippen LogP contribution in [0.15, 0.2) is 48.5 Å². The molecule has 0 atom stereocenters. The third kappa shape index (κ3) is 4.44. The molecule has 0 bridgehead atoms. The fourth-order valence-electron chi connectivity index (χ4n) is 2.59. The number of hydrogen-bond acceptors (Lipinski definition) is 6. The molecule has 9 heteroatoms. The Hall–Kier alpha value is -3.88. The van der Waals surface area contributed by atoms with Crippen LogP contribution >= 0.6 is 0 Å². The molecular formula is C19H17N3O6. The Kier molecular flexibility index (Phi) is 5.54. The van der Waals surface area contributed by atoms with Gasteiger partial charge in [0, 0.05) is 0 Å². The van der Waals surface area contributed by atoms with Gasteiger partial charge in [-0.1, -0.05) is 12.1 Å². The van der Waals surface area contributed by atoms with Crippen molar-refractivity contribution in [1.29, 1.82) is 0 Å². The SMILES string of the molecule is NC(=O)COc1ccc(C(=O)OCC(=O)N2CC(=O)Nc3ccccc32)cc1. The summed E-state index contributed by atoms with van der Waals surface area (Å²) in [5.41, 5.74) is 6.25. The molecule has 144 valence electrons. The highest BCUT2D eigenvalue weighted by molar-refractivity contribution is 6.10. The molecule has 0 saturated heterocycles. The summed E-state index contributed by atoms with van der Waals surface area (Å²) in [6.45, 7) is -0.942. The summed E-state index contributed by atoms with van der Waals surface area (Å²) in [5, 5.41) is 2.68. The van der Waals surface area contributed by atoms with Crippen molar-refractivity contribution in [1.82, 2.24) is 0 Å². The van der Waals surface area contributed by atoms with E-state index in [1.165, 1.54) is 29.2 Å². The Labute approximate surface area is 160 Å². The first-order chi connectivity index (χ1) is 13.4. The van der Waals surface area contributed by atoms with Gasteiger partial charge in [-0.05, 0) is 36.4 Å². The van der Waals surface area contributed by atoms with E-state index in [-0.39, 0.29) is 24.6 Å². The van der Waals surface area contributed by atoms with E-state index in [0.717, 1.165) is 0 Å². The molecule has 3 amide bonds. The quantitative estimate of drug-likeness (QED) is 0.707. The van der Waals surface area contributed by atoms with E-state index in [0.29, 0.717) is 17.1 Å². The highest BCUT2D eigenvalue weighted by Crippen LogP contribution is 2.28. The molecule has 2 aromatic carbocycles. The Morgan fingerprint density at radius 1 is 1.04 bits per heavy atom. The monoisotopic (exact) mass is 383 g/mol. The van der Waals surface area contributed by atoms with Gasteiger partial charge in [0.2, 0.25) is 5.91 Å². The minimum Gasteiger partial charge on any atom is -0.484 e. The number of primary amides is 1. The summed E-state index contributed by atoms with van der Waals surface area (Å²) in [7, 11) is 0. The third-order valence-corrected chi connectivity index (χ3v) is 3.87. The predicted molar refractivity (Wildman–Crippen MR) is 98.8 cm³/mol. The second kappa shape index (κ2) is 8.21. The normalized spacial score (nSPS) is 12.6. The van der Waals surface area contributed by atoms with E-state index in [4.69, 9.17) is 15.2 Å². The Morgan fingerprint density at radius 3 is 2.46 bits per heavy atom. The van der Waals surface area contributed by atoms with Gasteiger partial charge in [0.1, 0.15) is 12.3 Å². The zero-order chi connectivity index (χ0) is 20.1. The molecule has 3 rings (SSSR count). The van der Waals surface area contributed by atoms with Gasteiger partial charge < -0.3 is 20.5 Å². The predicted octanol–water partition coefficient (Wildman–Crippen LogP) is 0.693. The van der Waals surface area contributed by atoms with Gasteiger partial charge in [-0.25, -0.2) is 4.79 Å². The average molecular weight is 383 g/mol. The maximum absolute atomic E-state index is 12.5. The van der Waals surface area contributed by atoms with Crippen LogP contribution in [0.3, 0.4) is 0 Å². The number of carbonyl (C=O) groups is 4. The molecule has 0 saturated carbocycles. The van der Waals surface area contributed by atoms with Gasteiger partial charge >= 0.3 is 5.97 Å². The summed E-state index contributed by atoms with van der Waals surface area (Å²) in [4.78, 5) is 48.3. The summed E-state index contributed by atoms with van der Waals surface area (Å²) in [6, 6.07) is 12.7. The molecule has 1 aliphatic rings. The lowest BCUT2D eigenvalue weighted by molar-refractivity contribution is -0.124. The lowest BCUT2D eigenvalue weighted by Gasteiger charge is -2.28. The number of nitrogens with one attached hydrogen (secondary N) is 1. The van der Waals surface area contributed by atoms with Crippen LogP contribution in [0.5, 0.6) is 5.75 Å². The average Bonchev–Trinajstić information content (AvgIpc) is 2.69. The van der Waals surface area contributed by atoms with Crippen molar-refractivity contribution in [2.75, 3.05) is 30.0 Å². The minimum absolute atomic E-state index is 0.153. The van der Waals surface area contributed by atoms with E-state index in [2.05, 4.69) is 5.32 Å². The molecule has 3 N–H and O–H groups in total. The number of ether oxygens (including phenoxy) is 2. The second-order valence-electron chi connectivity index (χ2n) is 5.90. The van der Waals surface area contributed by atoms with E-state index >= 15 is 0 Å². The van der Waals surface area contributed by atoms with Gasteiger partial charge in [0.25, 0.3) is 11.8 Å². The summed E-state index contributed by atoms with van der Waals surface area (Å²) < 4.78 is 10.2. The van der Waals surface area contributed by atoms with Crippen LogP contribution in [0.2, 0.25) is 0 Å². The zero-order valence-electron chi connectivity index (χ0n) is 14.7. The number of rotatable bonds is 6. The summed E-state index contributed by atoms with van der Waals surface area (Å²) in [6.07, 6.45) is 0. The lowest BCUT2D eigenvalue weighted by Crippen LogP contribution is -2.44. The Balaban J connectivity index is 1.59. The first-order valence-corrected chi connectivity index (χ1v) is 8.31. The number of esters is 1. The number of fused-ring (bicyclic) bond motifs is 1. The van der Waals surface area contributed by atoms with Gasteiger partial charge in [-0.2, -0.15) is 0 Å². The molecule has 0 spiro atoms. The van der Waals surface area contributed by atoms with Gasteiger partial charge in [-0.15, -0.1) is 0 Å². The molecule has 0 unspecified atom stereocenters. The van der Waals surface area contributed by atoms with Crippen molar-refractivity contribution in [2.24, 2.45) is 5.73 Å². The molecule has 0 aliphatic carbocycles. The molecular weight excluding hydrogens is 366 g/mol. The largest absolute Gasteiger partial charge is 0.484 e. The van der Waals surface area contributed by atoms with Crippen molar-refractivity contribution in [3.8, 4) is 5.75 Å². The highest BCUT2D eigenvalue weighted by atomic mass is 16.5. The van der Waals surface area contributed by atoms with Crippen LogP contribution in [0.25, 0.3) is 0 Å². The number of anilines is 2. The van der Waals surface area contributed by atoms with Crippen LogP contribution < -0.4 is 20.7 Å². The molecule has 0 fully saturated rings. The molecule has 1 heterocycles. The van der Waals surface area contributed by atoms with Gasteiger partial charge in [-0.3, -0.25) is 19.3 Å². The lowest BCUT2D eigenvalue weighted by atomic mass is 10.2. The number of nitrogens with two attached hydrogens (primary N) is 1. The van der Waals surface area contributed by atoms with Crippen LogP contribution in [0, 0.1) is 0 Å². The van der Waals surface area contributed by atoms with Gasteiger partial charge in [0.15, 0.2) is 13.2 Å². The molecule has 0 radical (unpaired) electrons. The van der Waals surface area contributed by atoms with E-state index in [1.807, 2.05) is 0 Å². The standard InChI is InChI=1S/C19H17N3O6/c20-16(23)10-27-13-7-5-12(6-8-13)19(26)28-11-18(25)22-9-17(24)21-14-3-1-2-4-15(14)22/h1-8H,9-11H2,(H2,20,23)(H,21,24). The summed E-state index contributed by atoms with van der Waals surface area (Å²) in [5.74, 6) is -1.80. The topological polar surface area (TPSA) is 128 Å². The Bertz CT molecular complexity index is 926. The molecule has 0 aromatic heterocycles. The first kappa shape index (κ1) is 18.9. The van der Waals surface area contributed by atoms with Crippen molar-refractivity contribution in [2.45, 2.75) is 0 Å². The number of para-hydroxylation sites is 2. The van der Waals surface area contributed by atoms with Crippen molar-refractivity contribution >= 4 is 35.1 Å². The maximum Gasteiger partial charge on any atom is 0.338 e.